The standard InChI is InChI=1S/C28H22N2O6/c1-34-25-15-18(9-11-24(25)36-17-19-8-10-20-5-2-3-6-21(20)13-19)14-23-26(31)29-28(33)30(27(23)32)16-22-7-4-12-35-22/h2-15H,16-17H2,1H3,(H,29,31,33)/b23-14+. The molecule has 0 saturated carbocycles. The highest BCUT2D eigenvalue weighted by atomic mass is 16.5. The molecular weight excluding hydrogens is 460 g/mol. The Morgan fingerprint density at radius 1 is 0.917 bits per heavy atom. The molecule has 0 atom stereocenters. The number of ether oxygens (including phenoxy) is 2. The summed E-state index contributed by atoms with van der Waals surface area (Å²) in [6, 6.07) is 21.8. The summed E-state index contributed by atoms with van der Waals surface area (Å²) in [4.78, 5) is 38.5. The number of amides is 4. The van der Waals surface area contributed by atoms with Gasteiger partial charge in [0.15, 0.2) is 11.5 Å². The number of hydrogen-bond acceptors (Lipinski definition) is 6. The lowest BCUT2D eigenvalue weighted by Crippen LogP contribution is -2.53. The van der Waals surface area contributed by atoms with E-state index >= 15 is 0 Å². The van der Waals surface area contributed by atoms with Crippen LogP contribution >= 0.6 is 0 Å². The highest BCUT2D eigenvalue weighted by Gasteiger charge is 2.36. The first-order valence-corrected chi connectivity index (χ1v) is 11.2. The van der Waals surface area contributed by atoms with Crippen LogP contribution in [-0.4, -0.2) is 29.9 Å². The van der Waals surface area contributed by atoms with Crippen LogP contribution < -0.4 is 14.8 Å². The van der Waals surface area contributed by atoms with Crippen molar-refractivity contribution in [2.75, 3.05) is 7.11 Å². The van der Waals surface area contributed by atoms with Gasteiger partial charge >= 0.3 is 6.03 Å². The molecule has 1 aliphatic rings. The second-order valence-electron chi connectivity index (χ2n) is 8.17. The number of rotatable bonds is 7. The molecule has 180 valence electrons. The van der Waals surface area contributed by atoms with Crippen LogP contribution in [0, 0.1) is 0 Å². The minimum atomic E-state index is -0.798. The van der Waals surface area contributed by atoms with Crippen molar-refractivity contribution in [3.8, 4) is 11.5 Å². The molecule has 2 heterocycles. The number of imide groups is 2. The van der Waals surface area contributed by atoms with Crippen molar-refractivity contribution in [3.63, 3.8) is 0 Å². The maximum atomic E-state index is 12.9. The topological polar surface area (TPSA) is 98.1 Å². The Morgan fingerprint density at radius 3 is 2.53 bits per heavy atom. The molecule has 1 saturated heterocycles. The van der Waals surface area contributed by atoms with Crippen molar-refractivity contribution in [3.05, 3.63) is 102 Å². The van der Waals surface area contributed by atoms with Crippen molar-refractivity contribution in [2.24, 2.45) is 0 Å². The zero-order valence-electron chi connectivity index (χ0n) is 19.4. The van der Waals surface area contributed by atoms with E-state index in [2.05, 4.69) is 17.4 Å². The molecule has 3 aromatic carbocycles. The predicted molar refractivity (Wildman–Crippen MR) is 132 cm³/mol. The number of carbonyl (C=O) groups excluding carboxylic acids is 3. The van der Waals surface area contributed by atoms with Gasteiger partial charge < -0.3 is 13.9 Å². The van der Waals surface area contributed by atoms with E-state index in [1.165, 1.54) is 19.4 Å². The molecule has 0 radical (unpaired) electrons. The quantitative estimate of drug-likeness (QED) is 0.303. The average Bonchev–Trinajstić information content (AvgIpc) is 3.41. The summed E-state index contributed by atoms with van der Waals surface area (Å²) in [5.74, 6) is -0.104. The van der Waals surface area contributed by atoms with Crippen LogP contribution in [0.2, 0.25) is 0 Å². The van der Waals surface area contributed by atoms with E-state index in [9.17, 15) is 14.4 Å². The van der Waals surface area contributed by atoms with E-state index in [0.717, 1.165) is 21.2 Å². The minimum absolute atomic E-state index is 0.0901. The second-order valence-corrected chi connectivity index (χ2v) is 8.17. The van der Waals surface area contributed by atoms with Crippen molar-refractivity contribution >= 4 is 34.7 Å². The normalized spacial score (nSPS) is 14.9. The minimum Gasteiger partial charge on any atom is -0.493 e. The monoisotopic (exact) mass is 482 g/mol. The first-order chi connectivity index (χ1) is 17.5. The van der Waals surface area contributed by atoms with Crippen LogP contribution in [0.15, 0.2) is 89.0 Å². The summed E-state index contributed by atoms with van der Waals surface area (Å²) in [6.45, 7) is 0.250. The van der Waals surface area contributed by atoms with Gasteiger partial charge in [-0.15, -0.1) is 0 Å². The van der Waals surface area contributed by atoms with Gasteiger partial charge in [-0.3, -0.25) is 19.8 Å². The Kier molecular flexibility index (Phi) is 6.23. The van der Waals surface area contributed by atoms with E-state index in [-0.39, 0.29) is 12.1 Å². The van der Waals surface area contributed by atoms with E-state index in [1.54, 1.807) is 30.3 Å². The molecule has 4 aromatic rings. The summed E-state index contributed by atoms with van der Waals surface area (Å²) in [7, 11) is 1.51. The van der Waals surface area contributed by atoms with Gasteiger partial charge in [-0.05, 0) is 58.3 Å². The van der Waals surface area contributed by atoms with Gasteiger partial charge in [0, 0.05) is 0 Å². The molecule has 5 rings (SSSR count). The molecule has 1 N–H and O–H groups in total. The number of nitrogens with zero attached hydrogens (tertiary/aromatic N) is 1. The molecule has 1 fully saturated rings. The van der Waals surface area contributed by atoms with Gasteiger partial charge in [-0.2, -0.15) is 0 Å². The number of benzene rings is 3. The fourth-order valence-electron chi connectivity index (χ4n) is 3.95. The van der Waals surface area contributed by atoms with E-state index in [0.29, 0.717) is 29.4 Å². The summed E-state index contributed by atoms with van der Waals surface area (Å²) >= 11 is 0. The van der Waals surface area contributed by atoms with Gasteiger partial charge in [0.1, 0.15) is 17.9 Å². The summed E-state index contributed by atoms with van der Waals surface area (Å²) in [5, 5.41) is 4.48. The lowest BCUT2D eigenvalue weighted by atomic mass is 10.1. The van der Waals surface area contributed by atoms with Gasteiger partial charge in [0.25, 0.3) is 11.8 Å². The summed E-state index contributed by atoms with van der Waals surface area (Å²) in [6.07, 6.45) is 2.86. The maximum Gasteiger partial charge on any atom is 0.331 e. The van der Waals surface area contributed by atoms with Gasteiger partial charge in [0.2, 0.25) is 0 Å². The van der Waals surface area contributed by atoms with Crippen molar-refractivity contribution in [1.29, 1.82) is 0 Å². The molecule has 0 aliphatic carbocycles. The number of fused-ring (bicyclic) bond motifs is 1. The highest BCUT2D eigenvalue weighted by Crippen LogP contribution is 2.30. The Labute approximate surface area is 206 Å². The van der Waals surface area contributed by atoms with E-state index in [4.69, 9.17) is 13.9 Å². The SMILES string of the molecule is COc1cc(/C=C2\C(=O)NC(=O)N(Cc3ccco3)C2=O)ccc1OCc1ccc2ccccc2c1. The van der Waals surface area contributed by atoms with Gasteiger partial charge in [0.05, 0.1) is 19.9 Å². The molecule has 0 unspecified atom stereocenters. The maximum absolute atomic E-state index is 12.9. The summed E-state index contributed by atoms with van der Waals surface area (Å²) < 4.78 is 16.7. The van der Waals surface area contributed by atoms with Gasteiger partial charge in [-0.1, -0.05) is 42.5 Å². The summed E-state index contributed by atoms with van der Waals surface area (Å²) in [5.41, 5.74) is 1.37. The van der Waals surface area contributed by atoms with E-state index in [1.807, 2.05) is 30.3 Å². The number of urea groups is 1. The molecule has 0 bridgehead atoms. The van der Waals surface area contributed by atoms with Crippen LogP contribution in [0.5, 0.6) is 11.5 Å². The molecule has 0 spiro atoms. The van der Waals surface area contributed by atoms with Crippen molar-refractivity contribution < 1.29 is 28.3 Å². The number of hydrogen-bond donors (Lipinski definition) is 1. The first-order valence-electron chi connectivity index (χ1n) is 11.2. The lowest BCUT2D eigenvalue weighted by molar-refractivity contribution is -0.130. The average molecular weight is 482 g/mol. The number of nitrogens with one attached hydrogen (secondary N) is 1. The molecule has 8 nitrogen and oxygen atoms in total. The lowest BCUT2D eigenvalue weighted by Gasteiger charge is -2.25. The third-order valence-electron chi connectivity index (χ3n) is 5.79. The number of barbiturate groups is 1. The Morgan fingerprint density at radius 2 is 1.75 bits per heavy atom. The second kappa shape index (κ2) is 9.79. The molecule has 1 aliphatic heterocycles. The third kappa shape index (κ3) is 4.69. The molecule has 8 heteroatoms. The highest BCUT2D eigenvalue weighted by molar-refractivity contribution is 6.30. The largest absolute Gasteiger partial charge is 0.493 e. The number of methoxy groups -OCH3 is 1. The Hall–Kier alpha value is -4.85. The number of furan rings is 1. The molecule has 36 heavy (non-hydrogen) atoms. The van der Waals surface area contributed by atoms with Crippen LogP contribution in [0.1, 0.15) is 16.9 Å². The van der Waals surface area contributed by atoms with Crippen molar-refractivity contribution in [2.45, 2.75) is 13.2 Å². The van der Waals surface area contributed by atoms with Crippen LogP contribution in [0.3, 0.4) is 0 Å². The fourth-order valence-corrected chi connectivity index (χ4v) is 3.95. The first kappa shape index (κ1) is 22.9. The Bertz CT molecular complexity index is 1490. The van der Waals surface area contributed by atoms with E-state index < -0.39 is 17.8 Å². The van der Waals surface area contributed by atoms with Crippen LogP contribution in [0.4, 0.5) is 4.79 Å². The fraction of sp³-hybridized carbons (Fsp3) is 0.107. The Balaban J connectivity index is 1.35. The molecule has 1 aromatic heterocycles. The molecular formula is C28H22N2O6. The van der Waals surface area contributed by atoms with Crippen molar-refractivity contribution in [1.82, 2.24) is 10.2 Å². The zero-order chi connectivity index (χ0) is 25.1. The zero-order valence-corrected chi connectivity index (χ0v) is 19.4. The van der Waals surface area contributed by atoms with Crippen LogP contribution in [0.25, 0.3) is 16.8 Å². The number of carbonyl (C=O) groups is 3. The van der Waals surface area contributed by atoms with Gasteiger partial charge in [-0.25, -0.2) is 4.79 Å². The van der Waals surface area contributed by atoms with Crippen LogP contribution in [-0.2, 0) is 22.7 Å². The smallest absolute Gasteiger partial charge is 0.331 e. The molecule has 4 amide bonds. The predicted octanol–water partition coefficient (Wildman–Crippen LogP) is 4.68. The third-order valence-corrected chi connectivity index (χ3v) is 5.79.